The molecule has 0 aliphatic rings. The summed E-state index contributed by atoms with van der Waals surface area (Å²) in [6.45, 7) is 4.02. The van der Waals surface area contributed by atoms with Gasteiger partial charge >= 0.3 is 11.9 Å². The van der Waals surface area contributed by atoms with Crippen molar-refractivity contribution in [2.24, 2.45) is 0 Å². The molecule has 0 aromatic carbocycles. The van der Waals surface area contributed by atoms with Crippen molar-refractivity contribution in [3.05, 3.63) is 158 Å². The van der Waals surface area contributed by atoms with E-state index in [1.807, 2.05) is 21.1 Å². The van der Waals surface area contributed by atoms with E-state index in [0.717, 1.165) is 128 Å². The number of carbonyl (C=O) groups is 2. The highest BCUT2D eigenvalue weighted by Gasteiger charge is 2.22. The van der Waals surface area contributed by atoms with Gasteiger partial charge < -0.3 is 27.9 Å². The van der Waals surface area contributed by atoms with Crippen molar-refractivity contribution in [3.63, 3.8) is 0 Å². The van der Waals surface area contributed by atoms with Crippen LogP contribution in [0.15, 0.2) is 158 Å². The first-order valence-electron chi connectivity index (χ1n) is 37.2. The number of rotatable bonds is 67. The number of ether oxygens (including phenoxy) is 2. The van der Waals surface area contributed by atoms with E-state index in [1.165, 1.54) is 135 Å². The molecule has 0 rings (SSSR count). The highest BCUT2D eigenvalue weighted by molar-refractivity contribution is 7.45. The van der Waals surface area contributed by atoms with Crippen molar-refractivity contribution >= 4 is 19.8 Å². The number of hydrogen-bond donors (Lipinski definition) is 0. The summed E-state index contributed by atoms with van der Waals surface area (Å²) in [7, 11) is 1.15. The zero-order valence-electron chi connectivity index (χ0n) is 59.7. The minimum absolute atomic E-state index is 0.0378. The quantitative estimate of drug-likeness (QED) is 0.0195. The minimum Gasteiger partial charge on any atom is -0.756 e. The summed E-state index contributed by atoms with van der Waals surface area (Å²) in [5.41, 5.74) is 0. The third-order valence-electron chi connectivity index (χ3n) is 15.5. The Kier molecular flexibility index (Phi) is 67.6. The van der Waals surface area contributed by atoms with Gasteiger partial charge in [0.25, 0.3) is 7.82 Å². The van der Waals surface area contributed by atoms with Gasteiger partial charge in [0.15, 0.2) is 6.10 Å². The van der Waals surface area contributed by atoms with Gasteiger partial charge in [-0.05, 0) is 122 Å². The minimum atomic E-state index is -4.65. The van der Waals surface area contributed by atoms with Crippen molar-refractivity contribution in [1.82, 2.24) is 0 Å². The highest BCUT2D eigenvalue weighted by Crippen LogP contribution is 2.38. The van der Waals surface area contributed by atoms with E-state index in [4.69, 9.17) is 18.5 Å². The predicted molar refractivity (Wildman–Crippen MR) is 397 cm³/mol. The van der Waals surface area contributed by atoms with Gasteiger partial charge in [0.2, 0.25) is 0 Å². The molecule has 0 N–H and O–H groups in total. The molecule has 0 fully saturated rings. The molecule has 0 aromatic heterocycles. The lowest BCUT2D eigenvalue weighted by molar-refractivity contribution is -0.870. The van der Waals surface area contributed by atoms with Gasteiger partial charge in [-0.15, -0.1) is 0 Å². The zero-order valence-corrected chi connectivity index (χ0v) is 60.6. The molecule has 0 radical (unpaired) electrons. The van der Waals surface area contributed by atoms with Gasteiger partial charge in [-0.2, -0.15) is 0 Å². The van der Waals surface area contributed by atoms with E-state index in [-0.39, 0.29) is 32.0 Å². The van der Waals surface area contributed by atoms with E-state index in [2.05, 4.69) is 172 Å². The smallest absolute Gasteiger partial charge is 0.306 e. The maximum Gasteiger partial charge on any atom is 0.306 e. The van der Waals surface area contributed by atoms with E-state index in [1.54, 1.807) is 0 Å². The summed E-state index contributed by atoms with van der Waals surface area (Å²) in [4.78, 5) is 38.1. The Morgan fingerprint density at radius 3 is 0.870 bits per heavy atom. The first kappa shape index (κ1) is 87.6. The summed E-state index contributed by atoms with van der Waals surface area (Å²) < 4.78 is 34.4. The second kappa shape index (κ2) is 70.9. The average molecular weight is 1300 g/mol. The lowest BCUT2D eigenvalue weighted by atomic mass is 10.0. The van der Waals surface area contributed by atoms with Crippen LogP contribution in [-0.2, 0) is 32.7 Å². The number of carbonyl (C=O) groups excluding carboxylic acids is 2. The van der Waals surface area contributed by atoms with Crippen molar-refractivity contribution < 1.29 is 42.1 Å². The molecule has 9 nitrogen and oxygen atoms in total. The Bertz CT molecular complexity index is 2110. The van der Waals surface area contributed by atoms with Crippen LogP contribution < -0.4 is 4.89 Å². The molecule has 0 saturated heterocycles. The summed E-state index contributed by atoms with van der Waals surface area (Å²) in [6.07, 6.45) is 106. The van der Waals surface area contributed by atoms with Crippen LogP contribution in [0, 0.1) is 0 Å². The van der Waals surface area contributed by atoms with Crippen LogP contribution in [0.1, 0.15) is 296 Å². The lowest BCUT2D eigenvalue weighted by Gasteiger charge is -2.28. The zero-order chi connectivity index (χ0) is 66.9. The Morgan fingerprint density at radius 2 is 0.587 bits per heavy atom. The molecule has 2 unspecified atom stereocenters. The van der Waals surface area contributed by atoms with E-state index in [0.29, 0.717) is 17.4 Å². The molecule has 0 aliphatic carbocycles. The standard InChI is InChI=1S/C82H138NO8P/c1-6-8-10-12-14-16-18-20-22-24-26-28-30-32-34-36-38-40-41-43-45-47-49-51-53-55-57-59-61-63-65-67-69-71-73-75-82(85)91-80(79-90-92(86,87)89-77-76-83(3,4)5)78-88-81(84)74-72-70-68-66-64-62-60-58-56-54-52-50-48-46-44-42-39-37-35-33-31-29-27-25-23-21-19-17-15-13-11-9-7-2/h8-11,14-17,20-23,26-29,32-35,38,40,43,45,49,51,80H,6-7,12-13,18-19,24-25,30-31,36-37,39,41-42,44,46-48,50,52-79H2,1-5H3/b10-8-,11-9-,16-14-,17-15-,22-20-,23-21-,28-26-,29-27-,34-32-,35-33-,40-38-,45-43-,51-49-. The van der Waals surface area contributed by atoms with Gasteiger partial charge in [0.1, 0.15) is 19.8 Å². The maximum absolute atomic E-state index is 12.9. The third kappa shape index (κ3) is 74.7. The van der Waals surface area contributed by atoms with Crippen molar-refractivity contribution in [3.8, 4) is 0 Å². The molecular weight excluding hydrogens is 1160 g/mol. The second-order valence-electron chi connectivity index (χ2n) is 25.5. The first-order valence-corrected chi connectivity index (χ1v) is 38.7. The Morgan fingerprint density at radius 1 is 0.337 bits per heavy atom. The summed E-state index contributed by atoms with van der Waals surface area (Å²) >= 11 is 0. The predicted octanol–water partition coefficient (Wildman–Crippen LogP) is 24.1. The number of hydrogen-bond acceptors (Lipinski definition) is 8. The van der Waals surface area contributed by atoms with Gasteiger partial charge in [0.05, 0.1) is 27.7 Å². The van der Waals surface area contributed by atoms with Crippen LogP contribution in [-0.4, -0.2) is 70.0 Å². The van der Waals surface area contributed by atoms with Gasteiger partial charge in [-0.25, -0.2) is 0 Å². The molecule has 0 aliphatic heterocycles. The second-order valence-corrected chi connectivity index (χ2v) is 27.0. The number of phosphoric ester groups is 1. The van der Waals surface area contributed by atoms with E-state index in [9.17, 15) is 19.0 Å². The molecule has 92 heavy (non-hydrogen) atoms. The number of likely N-dealkylation sites (N-methyl/N-ethyl adjacent to an activating group) is 1. The molecule has 0 spiro atoms. The topological polar surface area (TPSA) is 111 Å². The SMILES string of the molecule is CC/C=C\C/C=C\C/C=C\C/C=C\C/C=C\C/C=C\C/C=C\C/C=C\CCCCCCCCCCCCC(=O)OC(COC(=O)CCCCCCCCCCCCCCCCCCC/C=C\C/C=C\C/C=C\C/C=C\C/C=C\CC)COP(=O)([O-])OCC[N+](C)(C)C. The van der Waals surface area contributed by atoms with Crippen LogP contribution >= 0.6 is 7.82 Å². The highest BCUT2D eigenvalue weighted by atomic mass is 31.2. The fraction of sp³-hybridized carbons (Fsp3) is 0.659. The summed E-state index contributed by atoms with van der Waals surface area (Å²) in [6, 6.07) is 0. The number of nitrogens with zero attached hydrogens (tertiary/aromatic N) is 1. The Balaban J connectivity index is 4.06. The van der Waals surface area contributed by atoms with E-state index < -0.39 is 26.5 Å². The monoisotopic (exact) mass is 1300 g/mol. The summed E-state index contributed by atoms with van der Waals surface area (Å²) in [5.74, 6) is -0.839. The number of phosphoric acid groups is 1. The summed E-state index contributed by atoms with van der Waals surface area (Å²) in [5, 5.41) is 0. The molecule has 0 aromatic rings. The van der Waals surface area contributed by atoms with Crippen molar-refractivity contribution in [2.45, 2.75) is 302 Å². The normalized spacial score (nSPS) is 14.0. The molecule has 0 bridgehead atoms. The fourth-order valence-corrected chi connectivity index (χ4v) is 10.7. The lowest BCUT2D eigenvalue weighted by Crippen LogP contribution is -2.37. The Hall–Kier alpha value is -4.37. The van der Waals surface area contributed by atoms with Gasteiger partial charge in [0, 0.05) is 12.8 Å². The number of unbranched alkanes of at least 4 members (excludes halogenated alkanes) is 27. The molecule has 0 saturated carbocycles. The van der Waals surface area contributed by atoms with Crippen LogP contribution in [0.25, 0.3) is 0 Å². The largest absolute Gasteiger partial charge is 0.756 e. The molecule has 0 amide bonds. The number of quaternary nitrogens is 1. The molecular formula is C82H138NO8P. The number of allylic oxidation sites excluding steroid dienone is 26. The average Bonchev–Trinajstić information content (AvgIpc) is 2.14. The van der Waals surface area contributed by atoms with Gasteiger partial charge in [-0.3, -0.25) is 14.2 Å². The van der Waals surface area contributed by atoms with Crippen LogP contribution in [0.3, 0.4) is 0 Å². The molecule has 2 atom stereocenters. The number of esters is 2. The van der Waals surface area contributed by atoms with Gasteiger partial charge in [-0.1, -0.05) is 320 Å². The molecule has 0 heterocycles. The first-order chi connectivity index (χ1) is 45.0. The van der Waals surface area contributed by atoms with Crippen molar-refractivity contribution in [1.29, 1.82) is 0 Å². The van der Waals surface area contributed by atoms with Crippen LogP contribution in [0.4, 0.5) is 0 Å². The van der Waals surface area contributed by atoms with E-state index >= 15 is 0 Å². The maximum atomic E-state index is 12.9. The van der Waals surface area contributed by atoms with Crippen LogP contribution in [0.5, 0.6) is 0 Å². The third-order valence-corrected chi connectivity index (χ3v) is 16.5. The Labute approximate surface area is 566 Å². The van der Waals surface area contributed by atoms with Crippen molar-refractivity contribution in [2.75, 3.05) is 47.5 Å². The molecule has 10 heteroatoms. The molecule has 524 valence electrons. The van der Waals surface area contributed by atoms with Crippen LogP contribution in [0.2, 0.25) is 0 Å². The fourth-order valence-electron chi connectivity index (χ4n) is 9.94.